The highest BCUT2D eigenvalue weighted by molar-refractivity contribution is 6.34. The van der Waals surface area contributed by atoms with Gasteiger partial charge in [0.05, 0.1) is 27.5 Å². The third-order valence-electron chi connectivity index (χ3n) is 2.78. The van der Waals surface area contributed by atoms with Gasteiger partial charge in [0, 0.05) is 37.6 Å². The van der Waals surface area contributed by atoms with Gasteiger partial charge in [0.25, 0.3) is 11.6 Å². The lowest BCUT2D eigenvalue weighted by Gasteiger charge is -2.09. The monoisotopic (exact) mass is 309 g/mol. The Morgan fingerprint density at radius 2 is 2.29 bits per heavy atom. The van der Waals surface area contributed by atoms with E-state index in [1.807, 2.05) is 0 Å². The number of anilines is 1. The quantitative estimate of drug-likeness (QED) is 0.492. The van der Waals surface area contributed by atoms with Crippen LogP contribution >= 0.6 is 11.6 Å². The zero-order valence-corrected chi connectivity index (χ0v) is 11.6. The molecule has 2 rings (SSSR count). The molecule has 3 N–H and O–H groups in total. The molecular weight excluding hydrogens is 298 g/mol. The molecule has 0 aliphatic rings. The van der Waals surface area contributed by atoms with Gasteiger partial charge < -0.3 is 15.6 Å². The van der Waals surface area contributed by atoms with E-state index < -0.39 is 10.8 Å². The number of non-ortho nitro benzene ring substituents is 1. The lowest BCUT2D eigenvalue weighted by Crippen LogP contribution is -2.27. The number of nitrogens with two attached hydrogens (primary N) is 1. The molecule has 0 fully saturated rings. The van der Waals surface area contributed by atoms with E-state index in [0.717, 1.165) is 12.1 Å². The fourth-order valence-corrected chi connectivity index (χ4v) is 1.92. The fraction of sp³-hybridized carbons (Fsp3) is 0.167. The Kier molecular flexibility index (Phi) is 4.39. The van der Waals surface area contributed by atoms with Crippen molar-refractivity contribution in [2.24, 2.45) is 0 Å². The third kappa shape index (κ3) is 3.48. The van der Waals surface area contributed by atoms with Crippen LogP contribution in [0.2, 0.25) is 5.02 Å². The smallest absolute Gasteiger partial charge is 0.271 e. The van der Waals surface area contributed by atoms with Crippen LogP contribution in [0.15, 0.2) is 30.9 Å². The fourth-order valence-electron chi connectivity index (χ4n) is 1.71. The number of halogens is 1. The second kappa shape index (κ2) is 6.23. The number of imidazole rings is 1. The zero-order chi connectivity index (χ0) is 15.4. The van der Waals surface area contributed by atoms with Gasteiger partial charge in [-0.2, -0.15) is 0 Å². The van der Waals surface area contributed by atoms with E-state index in [2.05, 4.69) is 10.3 Å². The number of nitro benzene ring substituents is 1. The number of carbonyl (C=O) groups is 1. The van der Waals surface area contributed by atoms with Gasteiger partial charge >= 0.3 is 0 Å². The van der Waals surface area contributed by atoms with Gasteiger partial charge in [-0.1, -0.05) is 11.6 Å². The Morgan fingerprint density at radius 1 is 1.52 bits per heavy atom. The predicted molar refractivity (Wildman–Crippen MR) is 77.1 cm³/mol. The second-order valence-electron chi connectivity index (χ2n) is 4.20. The number of carbonyl (C=O) groups excluding carboxylic acids is 1. The maximum atomic E-state index is 12.0. The molecule has 0 spiro atoms. The van der Waals surface area contributed by atoms with Gasteiger partial charge in [-0.3, -0.25) is 14.9 Å². The molecule has 1 aromatic carbocycles. The minimum absolute atomic E-state index is 0.0140. The minimum atomic E-state index is -0.631. The van der Waals surface area contributed by atoms with Crippen molar-refractivity contribution in [3.05, 3.63) is 51.6 Å². The highest BCUT2D eigenvalue weighted by atomic mass is 35.5. The average Bonchev–Trinajstić information content (AvgIpc) is 2.94. The molecule has 2 aromatic rings. The lowest BCUT2D eigenvalue weighted by molar-refractivity contribution is -0.384. The number of aromatic nitrogens is 2. The van der Waals surface area contributed by atoms with Crippen molar-refractivity contribution in [2.75, 3.05) is 12.3 Å². The Balaban J connectivity index is 2.09. The second-order valence-corrected chi connectivity index (χ2v) is 4.61. The normalized spacial score (nSPS) is 10.3. The predicted octanol–water partition coefficient (Wildman–Crippen LogP) is 1.46. The summed E-state index contributed by atoms with van der Waals surface area (Å²) in [5.74, 6) is -0.516. The van der Waals surface area contributed by atoms with E-state index in [1.165, 1.54) is 0 Å². The van der Waals surface area contributed by atoms with Crippen LogP contribution in [-0.4, -0.2) is 26.9 Å². The van der Waals surface area contributed by atoms with Crippen LogP contribution in [0.3, 0.4) is 0 Å². The van der Waals surface area contributed by atoms with Crippen molar-refractivity contribution in [3.8, 4) is 0 Å². The molecule has 0 atom stereocenters. The van der Waals surface area contributed by atoms with E-state index >= 15 is 0 Å². The Bertz CT molecular complexity index is 672. The number of amides is 1. The molecule has 21 heavy (non-hydrogen) atoms. The zero-order valence-electron chi connectivity index (χ0n) is 10.8. The maximum absolute atomic E-state index is 12.0. The average molecular weight is 310 g/mol. The minimum Gasteiger partial charge on any atom is -0.397 e. The molecule has 1 heterocycles. The van der Waals surface area contributed by atoms with Crippen LogP contribution in [0.25, 0.3) is 0 Å². The molecule has 0 aliphatic heterocycles. The summed E-state index contributed by atoms with van der Waals surface area (Å²) in [6.45, 7) is 0.850. The van der Waals surface area contributed by atoms with E-state index in [1.54, 1.807) is 23.3 Å². The summed E-state index contributed by atoms with van der Waals surface area (Å²) in [6.07, 6.45) is 5.00. The summed E-state index contributed by atoms with van der Waals surface area (Å²) in [4.78, 5) is 26.0. The van der Waals surface area contributed by atoms with Crippen molar-refractivity contribution in [2.45, 2.75) is 6.54 Å². The van der Waals surface area contributed by atoms with Crippen molar-refractivity contribution in [3.63, 3.8) is 0 Å². The SMILES string of the molecule is Nc1c(Cl)cc([N+](=O)[O-])cc1C(=O)NCCn1ccnc1. The van der Waals surface area contributed by atoms with Crippen molar-refractivity contribution < 1.29 is 9.72 Å². The number of rotatable bonds is 5. The summed E-state index contributed by atoms with van der Waals surface area (Å²) >= 11 is 5.80. The van der Waals surface area contributed by atoms with E-state index in [4.69, 9.17) is 17.3 Å². The summed E-state index contributed by atoms with van der Waals surface area (Å²) in [5.41, 5.74) is 5.41. The number of nitrogen functional groups attached to an aromatic ring is 1. The van der Waals surface area contributed by atoms with Crippen LogP contribution < -0.4 is 11.1 Å². The molecule has 0 saturated carbocycles. The Morgan fingerprint density at radius 3 is 2.90 bits per heavy atom. The van der Waals surface area contributed by atoms with Crippen molar-refractivity contribution >= 4 is 28.9 Å². The van der Waals surface area contributed by atoms with Crippen LogP contribution in [0, 0.1) is 10.1 Å². The third-order valence-corrected chi connectivity index (χ3v) is 3.10. The number of nitrogens with one attached hydrogen (secondary N) is 1. The van der Waals surface area contributed by atoms with Crippen LogP contribution in [0.4, 0.5) is 11.4 Å². The maximum Gasteiger partial charge on any atom is 0.271 e. The van der Waals surface area contributed by atoms with Crippen LogP contribution in [0.5, 0.6) is 0 Å². The van der Waals surface area contributed by atoms with E-state index in [9.17, 15) is 14.9 Å². The molecule has 9 heteroatoms. The molecule has 1 amide bonds. The first-order valence-electron chi connectivity index (χ1n) is 5.96. The molecule has 0 saturated heterocycles. The molecule has 0 aliphatic carbocycles. The molecule has 0 unspecified atom stereocenters. The number of benzene rings is 1. The van der Waals surface area contributed by atoms with Gasteiger partial charge in [0.2, 0.25) is 0 Å². The molecule has 1 aromatic heterocycles. The Labute approximate surface area is 124 Å². The van der Waals surface area contributed by atoms with Crippen molar-refractivity contribution in [1.82, 2.24) is 14.9 Å². The highest BCUT2D eigenvalue weighted by Gasteiger charge is 2.18. The van der Waals surface area contributed by atoms with Gasteiger partial charge in [-0.15, -0.1) is 0 Å². The summed E-state index contributed by atoms with van der Waals surface area (Å²) in [6, 6.07) is 2.22. The topological polar surface area (TPSA) is 116 Å². The lowest BCUT2D eigenvalue weighted by atomic mass is 10.1. The highest BCUT2D eigenvalue weighted by Crippen LogP contribution is 2.28. The van der Waals surface area contributed by atoms with Gasteiger partial charge in [0.1, 0.15) is 0 Å². The number of nitro groups is 1. The first-order valence-corrected chi connectivity index (χ1v) is 6.34. The first-order chi connectivity index (χ1) is 9.99. The summed E-state index contributed by atoms with van der Waals surface area (Å²) in [5, 5.41) is 13.4. The summed E-state index contributed by atoms with van der Waals surface area (Å²) < 4.78 is 1.78. The molecule has 8 nitrogen and oxygen atoms in total. The standard InChI is InChI=1S/C12H12ClN5O3/c13-10-6-8(18(20)21)5-9(11(10)14)12(19)16-2-4-17-3-1-15-7-17/h1,3,5-7H,2,4,14H2,(H,16,19). The number of hydrogen-bond donors (Lipinski definition) is 2. The first kappa shape index (κ1) is 14.8. The molecule has 110 valence electrons. The summed E-state index contributed by atoms with van der Waals surface area (Å²) in [7, 11) is 0. The van der Waals surface area contributed by atoms with Crippen molar-refractivity contribution in [1.29, 1.82) is 0 Å². The van der Waals surface area contributed by atoms with Crippen LogP contribution in [0.1, 0.15) is 10.4 Å². The number of nitrogens with zero attached hydrogens (tertiary/aromatic N) is 3. The van der Waals surface area contributed by atoms with Gasteiger partial charge in [-0.25, -0.2) is 4.98 Å². The number of hydrogen-bond acceptors (Lipinski definition) is 5. The van der Waals surface area contributed by atoms with E-state index in [-0.39, 0.29) is 22.0 Å². The Hall–Kier alpha value is -2.61. The van der Waals surface area contributed by atoms with Gasteiger partial charge in [0.15, 0.2) is 0 Å². The van der Waals surface area contributed by atoms with Crippen LogP contribution in [-0.2, 0) is 6.54 Å². The molecule has 0 bridgehead atoms. The molecule has 0 radical (unpaired) electrons. The largest absolute Gasteiger partial charge is 0.397 e. The molecular formula is C12H12ClN5O3. The van der Waals surface area contributed by atoms with Gasteiger partial charge in [-0.05, 0) is 0 Å². The van der Waals surface area contributed by atoms with E-state index in [0.29, 0.717) is 13.1 Å².